The van der Waals surface area contributed by atoms with Crippen LogP contribution in [0.3, 0.4) is 0 Å². The zero-order chi connectivity index (χ0) is 14.2. The Balaban J connectivity index is 2.20. The second-order valence-corrected chi connectivity index (χ2v) is 5.91. The summed E-state index contributed by atoms with van der Waals surface area (Å²) in [6, 6.07) is 5.70. The number of likely N-dealkylation sites (N-methyl/N-ethyl adjacent to an activating group) is 1. The Morgan fingerprint density at radius 1 is 1.37 bits per heavy atom. The minimum atomic E-state index is -0.165. The number of nitrogens with zero attached hydrogens (tertiary/aromatic N) is 2. The number of halogens is 1. The highest BCUT2D eigenvalue weighted by Gasteiger charge is 2.32. The summed E-state index contributed by atoms with van der Waals surface area (Å²) < 4.78 is 14.2. The van der Waals surface area contributed by atoms with Crippen LogP contribution in [0.4, 0.5) is 10.1 Å². The van der Waals surface area contributed by atoms with Crippen molar-refractivity contribution in [2.24, 2.45) is 11.7 Å². The molecule has 2 rings (SSSR count). The van der Waals surface area contributed by atoms with Crippen molar-refractivity contribution < 1.29 is 4.39 Å². The molecule has 2 N–H and O–H groups in total. The lowest BCUT2D eigenvalue weighted by Crippen LogP contribution is -2.34. The van der Waals surface area contributed by atoms with Gasteiger partial charge in [0.1, 0.15) is 5.82 Å². The lowest BCUT2D eigenvalue weighted by molar-refractivity contribution is 0.266. The zero-order valence-electron chi connectivity index (χ0n) is 12.2. The number of rotatable bonds is 3. The number of anilines is 1. The van der Waals surface area contributed by atoms with Crippen molar-refractivity contribution in [3.05, 3.63) is 29.6 Å². The molecule has 19 heavy (non-hydrogen) atoms. The summed E-state index contributed by atoms with van der Waals surface area (Å²) in [5, 5.41) is 0. The predicted octanol–water partition coefficient (Wildman–Crippen LogP) is 2.23. The molecule has 1 aromatic carbocycles. The first kappa shape index (κ1) is 14.3. The summed E-state index contributed by atoms with van der Waals surface area (Å²) in [6.45, 7) is 5.87. The van der Waals surface area contributed by atoms with Crippen molar-refractivity contribution in [1.82, 2.24) is 4.90 Å². The minimum absolute atomic E-state index is 0.129. The fraction of sp³-hybridized carbons (Fsp3) is 0.600. The number of hydrogen-bond donors (Lipinski definition) is 1. The zero-order valence-corrected chi connectivity index (χ0v) is 12.2. The van der Waals surface area contributed by atoms with Gasteiger partial charge >= 0.3 is 0 Å². The summed E-state index contributed by atoms with van der Waals surface area (Å²) in [7, 11) is 4.17. The molecule has 3 atom stereocenters. The average molecular weight is 265 g/mol. The normalized spacial score (nSPS) is 25.1. The summed E-state index contributed by atoms with van der Waals surface area (Å²) in [4.78, 5) is 4.36. The molecule has 4 heteroatoms. The van der Waals surface area contributed by atoms with Gasteiger partial charge in [0.05, 0.1) is 5.69 Å². The quantitative estimate of drug-likeness (QED) is 0.909. The van der Waals surface area contributed by atoms with E-state index in [2.05, 4.69) is 30.8 Å². The average Bonchev–Trinajstić information content (AvgIpc) is 2.71. The van der Waals surface area contributed by atoms with Crippen LogP contribution < -0.4 is 10.6 Å². The molecule has 0 aromatic heterocycles. The van der Waals surface area contributed by atoms with Crippen molar-refractivity contribution in [3.8, 4) is 0 Å². The maximum absolute atomic E-state index is 14.2. The van der Waals surface area contributed by atoms with Crippen LogP contribution in [0.5, 0.6) is 0 Å². The van der Waals surface area contributed by atoms with Crippen LogP contribution >= 0.6 is 0 Å². The fourth-order valence-corrected chi connectivity index (χ4v) is 2.88. The first-order valence-corrected chi connectivity index (χ1v) is 6.86. The lowest BCUT2D eigenvalue weighted by atomic mass is 10.1. The molecule has 0 spiro atoms. The molecular formula is C15H24FN3. The van der Waals surface area contributed by atoms with E-state index < -0.39 is 0 Å². The molecule has 0 aliphatic carbocycles. The van der Waals surface area contributed by atoms with Gasteiger partial charge in [0.2, 0.25) is 0 Å². The largest absolute Gasteiger partial charge is 0.367 e. The van der Waals surface area contributed by atoms with E-state index >= 15 is 0 Å². The van der Waals surface area contributed by atoms with Crippen LogP contribution in [0.1, 0.15) is 25.5 Å². The maximum Gasteiger partial charge on any atom is 0.146 e. The van der Waals surface area contributed by atoms with Gasteiger partial charge in [-0.2, -0.15) is 0 Å². The van der Waals surface area contributed by atoms with E-state index in [9.17, 15) is 4.39 Å². The smallest absolute Gasteiger partial charge is 0.146 e. The molecule has 1 fully saturated rings. The third-order valence-corrected chi connectivity index (χ3v) is 4.07. The maximum atomic E-state index is 14.2. The second kappa shape index (κ2) is 5.47. The topological polar surface area (TPSA) is 32.5 Å². The van der Waals surface area contributed by atoms with Crippen molar-refractivity contribution in [2.75, 3.05) is 32.1 Å². The van der Waals surface area contributed by atoms with E-state index in [1.165, 1.54) is 0 Å². The monoisotopic (exact) mass is 265 g/mol. The van der Waals surface area contributed by atoms with Crippen LogP contribution in [0.25, 0.3) is 0 Å². The van der Waals surface area contributed by atoms with E-state index in [0.717, 1.165) is 18.7 Å². The summed E-state index contributed by atoms with van der Waals surface area (Å²) in [5.74, 6) is 0.379. The SMILES string of the molecule is CC1CN(c2ccc([C@H](C)N)cc2F)CC1N(C)C. The fourth-order valence-electron chi connectivity index (χ4n) is 2.88. The molecule has 1 aliphatic heterocycles. The van der Waals surface area contributed by atoms with Crippen molar-refractivity contribution >= 4 is 5.69 Å². The molecule has 1 aromatic rings. The van der Waals surface area contributed by atoms with Gasteiger partial charge in [0.25, 0.3) is 0 Å². The molecule has 1 heterocycles. The summed E-state index contributed by atoms with van der Waals surface area (Å²) in [5.41, 5.74) is 7.32. The van der Waals surface area contributed by atoms with Gasteiger partial charge in [0.15, 0.2) is 0 Å². The number of benzene rings is 1. The first-order valence-electron chi connectivity index (χ1n) is 6.86. The van der Waals surface area contributed by atoms with Crippen LogP contribution in [-0.4, -0.2) is 38.1 Å². The van der Waals surface area contributed by atoms with Crippen LogP contribution in [0, 0.1) is 11.7 Å². The number of nitrogens with two attached hydrogens (primary N) is 1. The molecule has 0 bridgehead atoms. The molecule has 1 aliphatic rings. The Kier molecular flexibility index (Phi) is 4.11. The molecular weight excluding hydrogens is 241 g/mol. The highest BCUT2D eigenvalue weighted by atomic mass is 19.1. The Morgan fingerprint density at radius 3 is 2.53 bits per heavy atom. The van der Waals surface area contributed by atoms with Crippen molar-refractivity contribution in [3.63, 3.8) is 0 Å². The lowest BCUT2D eigenvalue weighted by Gasteiger charge is -2.23. The van der Waals surface area contributed by atoms with Crippen molar-refractivity contribution in [2.45, 2.75) is 25.9 Å². The molecule has 2 unspecified atom stereocenters. The molecule has 106 valence electrons. The van der Waals surface area contributed by atoms with E-state index in [0.29, 0.717) is 17.6 Å². The highest BCUT2D eigenvalue weighted by molar-refractivity contribution is 5.51. The first-order chi connectivity index (χ1) is 8.90. The Labute approximate surface area is 115 Å². The van der Waals surface area contributed by atoms with Gasteiger partial charge < -0.3 is 15.5 Å². The Bertz CT molecular complexity index is 445. The molecule has 0 saturated carbocycles. The van der Waals surface area contributed by atoms with Gasteiger partial charge in [-0.15, -0.1) is 0 Å². The second-order valence-electron chi connectivity index (χ2n) is 5.91. The van der Waals surface area contributed by atoms with E-state index in [4.69, 9.17) is 5.73 Å². The molecule has 0 amide bonds. The third-order valence-electron chi connectivity index (χ3n) is 4.07. The van der Waals surface area contributed by atoms with Gasteiger partial charge in [-0.05, 0) is 44.6 Å². The summed E-state index contributed by atoms with van der Waals surface area (Å²) in [6.07, 6.45) is 0. The minimum Gasteiger partial charge on any atom is -0.367 e. The van der Waals surface area contributed by atoms with E-state index in [1.54, 1.807) is 6.07 Å². The summed E-state index contributed by atoms with van der Waals surface area (Å²) >= 11 is 0. The van der Waals surface area contributed by atoms with E-state index in [-0.39, 0.29) is 11.9 Å². The Hall–Kier alpha value is -1.13. The van der Waals surface area contributed by atoms with Crippen LogP contribution in [-0.2, 0) is 0 Å². The van der Waals surface area contributed by atoms with Gasteiger partial charge in [-0.1, -0.05) is 13.0 Å². The molecule has 3 nitrogen and oxygen atoms in total. The van der Waals surface area contributed by atoms with Crippen LogP contribution in [0.15, 0.2) is 18.2 Å². The van der Waals surface area contributed by atoms with Gasteiger partial charge in [-0.25, -0.2) is 4.39 Å². The standard InChI is InChI=1S/C15H24FN3/c1-10-8-19(9-15(10)18(3)4)14-6-5-12(11(2)17)7-13(14)16/h5-7,10-11,15H,8-9,17H2,1-4H3/t10?,11-,15?/m0/s1. The van der Waals surface area contributed by atoms with E-state index in [1.807, 2.05) is 19.1 Å². The number of hydrogen-bond acceptors (Lipinski definition) is 3. The third kappa shape index (κ3) is 2.90. The molecule has 0 radical (unpaired) electrons. The van der Waals surface area contributed by atoms with Gasteiger partial charge in [0, 0.05) is 25.2 Å². The Morgan fingerprint density at radius 2 is 2.05 bits per heavy atom. The van der Waals surface area contributed by atoms with Crippen LogP contribution in [0.2, 0.25) is 0 Å². The van der Waals surface area contributed by atoms with Crippen molar-refractivity contribution in [1.29, 1.82) is 0 Å². The predicted molar refractivity (Wildman–Crippen MR) is 77.9 cm³/mol. The van der Waals surface area contributed by atoms with Gasteiger partial charge in [-0.3, -0.25) is 0 Å². The highest BCUT2D eigenvalue weighted by Crippen LogP contribution is 2.29. The molecule has 1 saturated heterocycles.